The minimum atomic E-state index is -4.42. The topological polar surface area (TPSA) is 140 Å². The molecule has 0 fully saturated rings. The first-order chi connectivity index (χ1) is 23.4. The summed E-state index contributed by atoms with van der Waals surface area (Å²) in [5, 5.41) is 6.69. The molecule has 0 radical (unpaired) electrons. The maximum absolute atomic E-state index is 13.8. The highest BCUT2D eigenvalue weighted by atomic mass is 19.4. The van der Waals surface area contributed by atoms with Crippen LogP contribution in [0.5, 0.6) is 0 Å². The first-order valence-corrected chi connectivity index (χ1v) is 16.6. The van der Waals surface area contributed by atoms with Gasteiger partial charge in [0.2, 0.25) is 17.3 Å². The van der Waals surface area contributed by atoms with Crippen molar-refractivity contribution in [1.29, 1.82) is 0 Å². The highest BCUT2D eigenvalue weighted by molar-refractivity contribution is 5.98. The second-order valence-corrected chi connectivity index (χ2v) is 12.8. The van der Waals surface area contributed by atoms with Crippen molar-refractivity contribution in [2.75, 3.05) is 45.1 Å². The van der Waals surface area contributed by atoms with Crippen molar-refractivity contribution in [3.8, 4) is 0 Å². The quantitative estimate of drug-likeness (QED) is 0.0856. The van der Waals surface area contributed by atoms with E-state index in [1.54, 1.807) is 6.20 Å². The van der Waals surface area contributed by atoms with Crippen LogP contribution < -0.4 is 32.4 Å². The number of amides is 2. The molecule has 1 heterocycles. The van der Waals surface area contributed by atoms with E-state index in [4.69, 9.17) is 17.2 Å². The van der Waals surface area contributed by atoms with Crippen LogP contribution in [-0.4, -0.2) is 68.2 Å². The molecule has 0 spiro atoms. The van der Waals surface area contributed by atoms with Gasteiger partial charge in [-0.3, -0.25) is 9.59 Å². The molecule has 0 aliphatic heterocycles. The Morgan fingerprint density at radius 3 is 2.14 bits per heavy atom. The van der Waals surface area contributed by atoms with Crippen molar-refractivity contribution in [2.24, 2.45) is 17.2 Å². The maximum atomic E-state index is 13.8. The number of aromatic nitrogens is 1. The second-order valence-electron chi connectivity index (χ2n) is 12.8. The SMILES string of the molecule is C[N+](CCN)(CCN)CCC[C@H](N)C(=O)N[C@@H](CCc1ccccc1)C(=O)Nc1cc2ccccc2[n+](Cc2ccc(C(F)(F)F)cc2)c1. The number of nitrogens with two attached hydrogens (primary N) is 3. The van der Waals surface area contributed by atoms with Gasteiger partial charge in [0.05, 0.1) is 38.3 Å². The molecule has 0 aliphatic rings. The Bertz CT molecular complexity index is 1660. The summed E-state index contributed by atoms with van der Waals surface area (Å²) in [5.74, 6) is -0.807. The van der Waals surface area contributed by atoms with Gasteiger partial charge in [-0.25, -0.2) is 0 Å². The molecule has 262 valence electrons. The number of fused-ring (bicyclic) bond motifs is 1. The lowest BCUT2D eigenvalue weighted by molar-refractivity contribution is -0.907. The molecule has 2 amide bonds. The Balaban J connectivity index is 1.50. The zero-order valence-electron chi connectivity index (χ0n) is 28.0. The number of carbonyl (C=O) groups is 2. The number of hydrogen-bond acceptors (Lipinski definition) is 5. The van der Waals surface area contributed by atoms with Crippen molar-refractivity contribution in [2.45, 2.75) is 50.5 Å². The Morgan fingerprint density at radius 1 is 0.837 bits per heavy atom. The standard InChI is InChI=1S/C37H46F3N7O2/c1-47(22-19-41,23-20-42)21-7-11-32(43)35(48)45-33(18-15-27-8-3-2-4-9-27)36(49)44-31-24-29-10-5-6-12-34(29)46(26-31)25-28-13-16-30(17-14-28)37(38,39)40/h2-6,8-10,12-14,16-17,24,26,32-33H,7,11,15,18-23,25,41-43H2,1H3/p+2/t32-,33-/m0/s1. The molecule has 0 aliphatic carbocycles. The molecule has 4 aromatic rings. The van der Waals surface area contributed by atoms with Gasteiger partial charge in [0.25, 0.3) is 0 Å². The maximum Gasteiger partial charge on any atom is 0.416 e. The monoisotopic (exact) mass is 679 g/mol. The number of hydrogen-bond donors (Lipinski definition) is 5. The smallest absolute Gasteiger partial charge is 0.343 e. The summed E-state index contributed by atoms with van der Waals surface area (Å²) >= 11 is 0. The fraction of sp³-hybridized carbons (Fsp3) is 0.378. The number of halogens is 3. The molecular formula is C37H48F3N7O2+2. The minimum Gasteiger partial charge on any atom is -0.343 e. The first-order valence-electron chi connectivity index (χ1n) is 16.6. The van der Waals surface area contributed by atoms with Crippen LogP contribution in [0.25, 0.3) is 10.9 Å². The highest BCUT2D eigenvalue weighted by Gasteiger charge is 2.30. The van der Waals surface area contributed by atoms with E-state index in [1.807, 2.05) is 65.2 Å². The number of para-hydroxylation sites is 1. The molecule has 49 heavy (non-hydrogen) atoms. The molecule has 3 aromatic carbocycles. The van der Waals surface area contributed by atoms with Gasteiger partial charge in [-0.15, -0.1) is 0 Å². The van der Waals surface area contributed by atoms with Crippen LogP contribution in [0.15, 0.2) is 91.1 Å². The second kappa shape index (κ2) is 17.3. The average Bonchev–Trinajstić information content (AvgIpc) is 3.07. The van der Waals surface area contributed by atoms with Crippen molar-refractivity contribution < 1.29 is 31.8 Å². The summed E-state index contributed by atoms with van der Waals surface area (Å²) in [6, 6.07) is 22.4. The summed E-state index contributed by atoms with van der Waals surface area (Å²) in [6.45, 7) is 3.68. The third-order valence-corrected chi connectivity index (χ3v) is 8.84. The number of nitrogens with zero attached hydrogens (tertiary/aromatic N) is 2. The Morgan fingerprint density at radius 2 is 1.49 bits per heavy atom. The number of benzene rings is 3. The van der Waals surface area contributed by atoms with Crippen molar-refractivity contribution >= 4 is 28.4 Å². The molecule has 0 saturated heterocycles. The van der Waals surface area contributed by atoms with Crippen LogP contribution in [0.3, 0.4) is 0 Å². The number of likely N-dealkylation sites (N-methyl/N-ethyl adjacent to an activating group) is 1. The number of quaternary nitrogens is 1. The number of rotatable bonds is 17. The predicted octanol–water partition coefficient (Wildman–Crippen LogP) is 3.72. The lowest BCUT2D eigenvalue weighted by Crippen LogP contribution is -2.52. The van der Waals surface area contributed by atoms with Crippen molar-refractivity contribution in [1.82, 2.24) is 5.32 Å². The molecule has 1 aromatic heterocycles. The van der Waals surface area contributed by atoms with E-state index in [9.17, 15) is 22.8 Å². The summed E-state index contributed by atoms with van der Waals surface area (Å²) in [5.41, 5.74) is 20.2. The van der Waals surface area contributed by atoms with E-state index in [1.165, 1.54) is 12.1 Å². The number of carbonyl (C=O) groups excluding carboxylic acids is 2. The predicted molar refractivity (Wildman–Crippen MR) is 186 cm³/mol. The average molecular weight is 680 g/mol. The van der Waals surface area contributed by atoms with Gasteiger partial charge >= 0.3 is 6.18 Å². The first kappa shape index (κ1) is 37.5. The van der Waals surface area contributed by atoms with Gasteiger partial charge in [0.1, 0.15) is 11.7 Å². The third kappa shape index (κ3) is 11.1. The van der Waals surface area contributed by atoms with Gasteiger partial charge in [-0.05, 0) is 55.5 Å². The van der Waals surface area contributed by atoms with Crippen LogP contribution in [0.1, 0.15) is 36.0 Å². The van der Waals surface area contributed by atoms with Crippen LogP contribution in [0, 0.1) is 0 Å². The molecule has 8 N–H and O–H groups in total. The third-order valence-electron chi connectivity index (χ3n) is 8.84. The summed E-state index contributed by atoms with van der Waals surface area (Å²) in [6.07, 6.45) is -0.645. The van der Waals surface area contributed by atoms with Gasteiger partial charge < -0.3 is 32.3 Å². The lowest BCUT2D eigenvalue weighted by Gasteiger charge is -2.34. The minimum absolute atomic E-state index is 0.277. The van der Waals surface area contributed by atoms with E-state index in [-0.39, 0.29) is 6.54 Å². The Hall–Kier alpha value is -4.36. The molecule has 4 rings (SSSR count). The molecular weight excluding hydrogens is 631 g/mol. The summed E-state index contributed by atoms with van der Waals surface area (Å²) in [4.78, 5) is 27.1. The largest absolute Gasteiger partial charge is 0.416 e. The van der Waals surface area contributed by atoms with E-state index >= 15 is 0 Å². The number of pyridine rings is 1. The summed E-state index contributed by atoms with van der Waals surface area (Å²) < 4.78 is 42.0. The van der Waals surface area contributed by atoms with E-state index in [0.29, 0.717) is 54.5 Å². The zero-order valence-corrected chi connectivity index (χ0v) is 28.0. The zero-order chi connectivity index (χ0) is 35.4. The molecule has 0 unspecified atom stereocenters. The summed E-state index contributed by atoms with van der Waals surface area (Å²) in [7, 11) is 2.09. The molecule has 2 atom stereocenters. The van der Waals surface area contributed by atoms with Crippen molar-refractivity contribution in [3.05, 3.63) is 108 Å². The van der Waals surface area contributed by atoms with Crippen LogP contribution in [0.2, 0.25) is 0 Å². The normalized spacial score (nSPS) is 13.2. The van der Waals surface area contributed by atoms with Crippen LogP contribution in [-0.2, 0) is 28.7 Å². The number of alkyl halides is 3. The molecule has 9 nitrogen and oxygen atoms in total. The highest BCUT2D eigenvalue weighted by Crippen LogP contribution is 2.29. The van der Waals surface area contributed by atoms with Crippen LogP contribution in [0.4, 0.5) is 18.9 Å². The fourth-order valence-corrected chi connectivity index (χ4v) is 6.02. The van der Waals surface area contributed by atoms with Crippen molar-refractivity contribution in [3.63, 3.8) is 0 Å². The Labute approximate surface area is 285 Å². The van der Waals surface area contributed by atoms with Gasteiger partial charge in [-0.2, -0.15) is 17.7 Å². The van der Waals surface area contributed by atoms with Gasteiger partial charge in [-0.1, -0.05) is 54.6 Å². The van der Waals surface area contributed by atoms with E-state index in [2.05, 4.69) is 17.7 Å². The Kier molecular flexibility index (Phi) is 13.3. The van der Waals surface area contributed by atoms with E-state index in [0.717, 1.165) is 48.2 Å². The number of nitrogens with one attached hydrogen (secondary N) is 2. The van der Waals surface area contributed by atoms with Gasteiger partial charge in [0, 0.05) is 30.1 Å². The van der Waals surface area contributed by atoms with Gasteiger partial charge in [0.15, 0.2) is 12.7 Å². The lowest BCUT2D eigenvalue weighted by atomic mass is 10.0. The fourth-order valence-electron chi connectivity index (χ4n) is 6.02. The molecule has 0 saturated carbocycles. The molecule has 12 heteroatoms. The number of anilines is 1. The molecule has 0 bridgehead atoms. The number of aryl methyl sites for hydroxylation is 1. The van der Waals surface area contributed by atoms with Crippen LogP contribution >= 0.6 is 0 Å². The van der Waals surface area contributed by atoms with E-state index < -0.39 is 35.6 Å².